The Labute approximate surface area is 176 Å². The first-order chi connectivity index (χ1) is 14.2. The van der Waals surface area contributed by atoms with Gasteiger partial charge in [0.05, 0.1) is 4.91 Å². The van der Waals surface area contributed by atoms with Gasteiger partial charge in [0.25, 0.3) is 5.91 Å². The fraction of sp³-hybridized carbons (Fsp3) is 0.333. The molecule has 2 aromatic rings. The molecular weight excluding hydrogens is 378 g/mol. The maximum Gasteiger partial charge on any atom is 0.266 e. The number of hydrogen-bond donors (Lipinski definition) is 1. The van der Waals surface area contributed by atoms with E-state index in [1.807, 2.05) is 24.3 Å². The second-order valence-corrected chi connectivity index (χ2v) is 9.02. The molecule has 29 heavy (non-hydrogen) atoms. The fourth-order valence-corrected chi connectivity index (χ4v) is 5.56. The van der Waals surface area contributed by atoms with Gasteiger partial charge < -0.3 is 4.90 Å². The second kappa shape index (κ2) is 7.71. The summed E-state index contributed by atoms with van der Waals surface area (Å²) < 4.78 is 0. The standard InChI is InChI=1S/C24H25N3OS/c25-24-27(13-10-17-6-2-1-3-7-17)23(28)21(29-24)16-18-14-19-8-4-11-26-12-5-9-20(15-18)22(19)26/h1-3,6-7,14-16,25H,4-5,8-13H2. The molecule has 0 atom stereocenters. The first kappa shape index (κ1) is 18.5. The molecule has 1 saturated heterocycles. The van der Waals surface area contributed by atoms with E-state index in [1.165, 1.54) is 60.1 Å². The van der Waals surface area contributed by atoms with E-state index in [4.69, 9.17) is 5.41 Å². The molecule has 0 aliphatic carbocycles. The van der Waals surface area contributed by atoms with Crippen LogP contribution in [0, 0.1) is 5.41 Å². The SMILES string of the molecule is N=C1SC(=Cc2cc3c4c(c2)CCCN4CCC3)C(=O)N1CCc1ccccc1. The highest BCUT2D eigenvalue weighted by molar-refractivity contribution is 8.18. The molecule has 1 N–H and O–H groups in total. The van der Waals surface area contributed by atoms with Crippen LogP contribution in [0.4, 0.5) is 5.69 Å². The van der Waals surface area contributed by atoms with Crippen LogP contribution in [0.2, 0.25) is 0 Å². The summed E-state index contributed by atoms with van der Waals surface area (Å²) in [5.41, 5.74) is 6.59. The van der Waals surface area contributed by atoms with Gasteiger partial charge in [-0.15, -0.1) is 0 Å². The van der Waals surface area contributed by atoms with Crippen LogP contribution in [-0.2, 0) is 24.1 Å². The lowest BCUT2D eigenvalue weighted by Gasteiger charge is -2.37. The number of anilines is 1. The minimum absolute atomic E-state index is 0.0380. The molecule has 5 heteroatoms. The first-order valence-corrected chi connectivity index (χ1v) is 11.3. The van der Waals surface area contributed by atoms with Gasteiger partial charge in [-0.25, -0.2) is 0 Å². The van der Waals surface area contributed by atoms with Gasteiger partial charge in [-0.3, -0.25) is 15.1 Å². The summed E-state index contributed by atoms with van der Waals surface area (Å²) in [7, 11) is 0. The van der Waals surface area contributed by atoms with Crippen molar-refractivity contribution in [1.82, 2.24) is 4.90 Å². The molecule has 0 spiro atoms. The monoisotopic (exact) mass is 403 g/mol. The zero-order valence-electron chi connectivity index (χ0n) is 16.5. The fourth-order valence-electron chi connectivity index (χ4n) is 4.67. The van der Waals surface area contributed by atoms with Gasteiger partial charge in [-0.05, 0) is 84.3 Å². The number of hydrogen-bond acceptors (Lipinski definition) is 4. The van der Waals surface area contributed by atoms with Crippen LogP contribution < -0.4 is 4.90 Å². The Morgan fingerprint density at radius 3 is 2.41 bits per heavy atom. The molecule has 2 aromatic carbocycles. The lowest BCUT2D eigenvalue weighted by molar-refractivity contribution is -0.122. The number of benzene rings is 2. The number of rotatable bonds is 4. The van der Waals surface area contributed by atoms with E-state index in [1.54, 1.807) is 4.90 Å². The molecule has 5 rings (SSSR count). The first-order valence-electron chi connectivity index (χ1n) is 10.4. The van der Waals surface area contributed by atoms with Gasteiger partial charge in [0.15, 0.2) is 5.17 Å². The highest BCUT2D eigenvalue weighted by atomic mass is 32.2. The molecule has 1 fully saturated rings. The summed E-state index contributed by atoms with van der Waals surface area (Å²) in [5.74, 6) is -0.0380. The van der Waals surface area contributed by atoms with Crippen LogP contribution >= 0.6 is 11.8 Å². The number of aryl methyl sites for hydroxylation is 2. The van der Waals surface area contributed by atoms with Crippen molar-refractivity contribution in [2.24, 2.45) is 0 Å². The van der Waals surface area contributed by atoms with E-state index in [9.17, 15) is 4.79 Å². The molecule has 0 saturated carbocycles. The molecule has 0 aromatic heterocycles. The van der Waals surface area contributed by atoms with Crippen LogP contribution in [0.1, 0.15) is 35.1 Å². The maximum absolute atomic E-state index is 12.9. The third-order valence-corrected chi connectivity index (χ3v) is 6.95. The molecule has 0 radical (unpaired) electrons. The van der Waals surface area contributed by atoms with Crippen molar-refractivity contribution in [3.63, 3.8) is 0 Å². The third kappa shape index (κ3) is 3.60. The predicted octanol–water partition coefficient (Wildman–Crippen LogP) is 4.48. The minimum atomic E-state index is -0.0380. The van der Waals surface area contributed by atoms with Crippen molar-refractivity contribution in [2.45, 2.75) is 32.1 Å². The number of nitrogens with zero attached hydrogens (tertiary/aromatic N) is 2. The third-order valence-electron chi connectivity index (χ3n) is 6.03. The number of carbonyl (C=O) groups is 1. The Morgan fingerprint density at radius 1 is 1.03 bits per heavy atom. The van der Waals surface area contributed by atoms with E-state index < -0.39 is 0 Å². The maximum atomic E-state index is 12.9. The topological polar surface area (TPSA) is 47.4 Å². The van der Waals surface area contributed by atoms with E-state index in [-0.39, 0.29) is 5.91 Å². The summed E-state index contributed by atoms with van der Waals surface area (Å²) in [4.78, 5) is 17.7. The summed E-state index contributed by atoms with van der Waals surface area (Å²) >= 11 is 1.29. The van der Waals surface area contributed by atoms with Crippen LogP contribution in [0.5, 0.6) is 0 Å². The van der Waals surface area contributed by atoms with Gasteiger partial charge in [0, 0.05) is 25.3 Å². The summed E-state index contributed by atoms with van der Waals surface area (Å²) in [6.45, 7) is 2.89. The lowest BCUT2D eigenvalue weighted by Crippen LogP contribution is -2.34. The molecule has 3 aliphatic rings. The Balaban J connectivity index is 1.37. The molecule has 3 heterocycles. The number of carbonyl (C=O) groups excluding carboxylic acids is 1. The average molecular weight is 404 g/mol. The Hall–Kier alpha value is -2.53. The van der Waals surface area contributed by atoms with Crippen LogP contribution in [0.3, 0.4) is 0 Å². The predicted molar refractivity (Wildman–Crippen MR) is 120 cm³/mol. The average Bonchev–Trinajstić information content (AvgIpc) is 3.00. The van der Waals surface area contributed by atoms with Gasteiger partial charge in [0.2, 0.25) is 0 Å². The second-order valence-electron chi connectivity index (χ2n) is 7.99. The van der Waals surface area contributed by atoms with Gasteiger partial charge >= 0.3 is 0 Å². The van der Waals surface area contributed by atoms with Crippen molar-refractivity contribution in [3.8, 4) is 0 Å². The normalized spacial score (nSPS) is 19.8. The Morgan fingerprint density at radius 2 is 1.72 bits per heavy atom. The van der Waals surface area contributed by atoms with Crippen molar-refractivity contribution in [3.05, 3.63) is 69.6 Å². The smallest absolute Gasteiger partial charge is 0.266 e. The van der Waals surface area contributed by atoms with Crippen LogP contribution in [-0.4, -0.2) is 35.6 Å². The highest BCUT2D eigenvalue weighted by Gasteiger charge is 2.32. The quantitative estimate of drug-likeness (QED) is 0.766. The van der Waals surface area contributed by atoms with E-state index in [0.717, 1.165) is 24.8 Å². The van der Waals surface area contributed by atoms with Crippen molar-refractivity contribution in [1.29, 1.82) is 5.41 Å². The summed E-state index contributed by atoms with van der Waals surface area (Å²) in [6.07, 6.45) is 7.41. The minimum Gasteiger partial charge on any atom is -0.371 e. The number of amides is 1. The van der Waals surface area contributed by atoms with Crippen LogP contribution in [0.25, 0.3) is 6.08 Å². The molecular formula is C24H25N3OS. The van der Waals surface area contributed by atoms with Crippen molar-refractivity contribution in [2.75, 3.05) is 24.5 Å². The van der Waals surface area contributed by atoms with Crippen molar-refractivity contribution >= 4 is 34.6 Å². The Bertz CT molecular complexity index is 967. The Kier molecular flexibility index (Phi) is 4.92. The lowest BCUT2D eigenvalue weighted by atomic mass is 9.90. The van der Waals surface area contributed by atoms with Gasteiger partial charge in [-0.1, -0.05) is 30.3 Å². The molecule has 4 nitrogen and oxygen atoms in total. The number of thioether (sulfide) groups is 1. The van der Waals surface area contributed by atoms with Gasteiger partial charge in [0.1, 0.15) is 0 Å². The van der Waals surface area contributed by atoms with E-state index >= 15 is 0 Å². The summed E-state index contributed by atoms with van der Waals surface area (Å²) in [5, 5.41) is 8.62. The molecule has 1 amide bonds. The molecule has 0 bridgehead atoms. The van der Waals surface area contributed by atoms with E-state index in [2.05, 4.69) is 29.2 Å². The highest BCUT2D eigenvalue weighted by Crippen LogP contribution is 2.38. The largest absolute Gasteiger partial charge is 0.371 e. The zero-order valence-corrected chi connectivity index (χ0v) is 17.3. The zero-order chi connectivity index (χ0) is 19.8. The van der Waals surface area contributed by atoms with E-state index in [0.29, 0.717) is 16.6 Å². The number of amidine groups is 1. The molecule has 3 aliphatic heterocycles. The van der Waals surface area contributed by atoms with Crippen LogP contribution in [0.15, 0.2) is 47.4 Å². The molecule has 0 unspecified atom stereocenters. The van der Waals surface area contributed by atoms with Gasteiger partial charge in [-0.2, -0.15) is 0 Å². The number of nitrogens with one attached hydrogen (secondary N) is 1. The summed E-state index contributed by atoms with van der Waals surface area (Å²) in [6, 6.07) is 14.7. The van der Waals surface area contributed by atoms with Crippen molar-refractivity contribution < 1.29 is 4.79 Å². The molecule has 148 valence electrons.